The fraction of sp³-hybridized carbons (Fsp3) is 0.545. The summed E-state index contributed by atoms with van der Waals surface area (Å²) >= 11 is 0. The predicted octanol–water partition coefficient (Wildman–Crippen LogP) is 1.28. The van der Waals surface area contributed by atoms with E-state index in [0.29, 0.717) is 5.56 Å². The van der Waals surface area contributed by atoms with E-state index in [1.807, 2.05) is 0 Å². The van der Waals surface area contributed by atoms with Crippen molar-refractivity contribution in [3.8, 4) is 0 Å². The number of furan rings is 1. The van der Waals surface area contributed by atoms with Crippen LogP contribution in [-0.2, 0) is 0 Å². The highest BCUT2D eigenvalue weighted by Crippen LogP contribution is 2.17. The van der Waals surface area contributed by atoms with Crippen LogP contribution in [-0.4, -0.2) is 18.0 Å². The number of hydrogen-bond donors (Lipinski definition) is 2. The van der Waals surface area contributed by atoms with Crippen LogP contribution in [0.5, 0.6) is 0 Å². The average Bonchev–Trinajstić information content (AvgIpc) is 2.70. The molecule has 1 aliphatic carbocycles. The molecule has 1 aliphatic rings. The van der Waals surface area contributed by atoms with Crippen LogP contribution in [0, 0.1) is 0 Å². The van der Waals surface area contributed by atoms with Gasteiger partial charge in [-0.1, -0.05) is 0 Å². The third kappa shape index (κ3) is 2.59. The fourth-order valence-corrected chi connectivity index (χ4v) is 2.02. The van der Waals surface area contributed by atoms with Gasteiger partial charge in [-0.05, 0) is 31.7 Å². The smallest absolute Gasteiger partial charge is 0.254 e. The van der Waals surface area contributed by atoms with Gasteiger partial charge in [-0.3, -0.25) is 4.79 Å². The molecule has 1 fully saturated rings. The molecule has 1 saturated carbocycles. The van der Waals surface area contributed by atoms with Crippen LogP contribution < -0.4 is 11.1 Å². The second-order valence-corrected chi connectivity index (χ2v) is 4.11. The van der Waals surface area contributed by atoms with E-state index in [0.717, 1.165) is 25.7 Å². The maximum Gasteiger partial charge on any atom is 0.254 e. The summed E-state index contributed by atoms with van der Waals surface area (Å²) in [5, 5.41) is 2.97. The molecule has 1 aromatic rings. The summed E-state index contributed by atoms with van der Waals surface area (Å²) < 4.78 is 4.86. The van der Waals surface area contributed by atoms with E-state index in [4.69, 9.17) is 10.2 Å². The summed E-state index contributed by atoms with van der Waals surface area (Å²) in [6.45, 7) is 0. The van der Waals surface area contributed by atoms with Crippen LogP contribution in [0.15, 0.2) is 23.0 Å². The molecule has 15 heavy (non-hydrogen) atoms. The van der Waals surface area contributed by atoms with Gasteiger partial charge in [-0.25, -0.2) is 0 Å². The van der Waals surface area contributed by atoms with E-state index in [9.17, 15) is 4.79 Å². The number of hydrogen-bond acceptors (Lipinski definition) is 3. The van der Waals surface area contributed by atoms with Gasteiger partial charge in [0.05, 0.1) is 11.8 Å². The Kier molecular flexibility index (Phi) is 3.06. The summed E-state index contributed by atoms with van der Waals surface area (Å²) in [4.78, 5) is 11.7. The van der Waals surface area contributed by atoms with Crippen molar-refractivity contribution in [1.82, 2.24) is 5.32 Å². The van der Waals surface area contributed by atoms with Crippen molar-refractivity contribution in [2.75, 3.05) is 0 Å². The molecule has 1 aromatic heterocycles. The highest BCUT2D eigenvalue weighted by molar-refractivity contribution is 5.93. The Labute approximate surface area is 88.8 Å². The quantitative estimate of drug-likeness (QED) is 0.769. The zero-order valence-corrected chi connectivity index (χ0v) is 8.61. The molecule has 0 radical (unpaired) electrons. The first kappa shape index (κ1) is 10.2. The molecule has 3 N–H and O–H groups in total. The lowest BCUT2D eigenvalue weighted by molar-refractivity contribution is 0.0925. The Bertz CT molecular complexity index is 321. The van der Waals surface area contributed by atoms with Crippen LogP contribution in [0.1, 0.15) is 36.0 Å². The van der Waals surface area contributed by atoms with Crippen molar-refractivity contribution in [3.63, 3.8) is 0 Å². The van der Waals surface area contributed by atoms with Gasteiger partial charge < -0.3 is 15.5 Å². The molecule has 0 spiro atoms. The minimum absolute atomic E-state index is 0.0668. The third-order valence-electron chi connectivity index (χ3n) is 2.83. The molecule has 4 heteroatoms. The Morgan fingerprint density at radius 2 is 2.40 bits per heavy atom. The topological polar surface area (TPSA) is 68.3 Å². The van der Waals surface area contributed by atoms with Crippen LogP contribution >= 0.6 is 0 Å². The average molecular weight is 208 g/mol. The van der Waals surface area contributed by atoms with Crippen molar-refractivity contribution in [3.05, 3.63) is 24.2 Å². The molecule has 0 saturated heterocycles. The van der Waals surface area contributed by atoms with Crippen molar-refractivity contribution in [1.29, 1.82) is 0 Å². The Morgan fingerprint density at radius 3 is 3.07 bits per heavy atom. The lowest BCUT2D eigenvalue weighted by Gasteiger charge is -2.27. The second-order valence-electron chi connectivity index (χ2n) is 4.11. The minimum atomic E-state index is -0.0668. The fourth-order valence-electron chi connectivity index (χ4n) is 2.02. The van der Waals surface area contributed by atoms with E-state index < -0.39 is 0 Å². The van der Waals surface area contributed by atoms with E-state index in [-0.39, 0.29) is 18.0 Å². The molecule has 2 unspecified atom stereocenters. The molecule has 1 amide bonds. The van der Waals surface area contributed by atoms with E-state index in [1.54, 1.807) is 6.07 Å². The zero-order valence-electron chi connectivity index (χ0n) is 8.61. The summed E-state index contributed by atoms with van der Waals surface area (Å²) in [5.41, 5.74) is 6.43. The van der Waals surface area contributed by atoms with Gasteiger partial charge in [-0.15, -0.1) is 0 Å². The minimum Gasteiger partial charge on any atom is -0.472 e. The second kappa shape index (κ2) is 4.49. The maximum absolute atomic E-state index is 11.7. The van der Waals surface area contributed by atoms with Gasteiger partial charge in [0.15, 0.2) is 0 Å². The molecular formula is C11H16N2O2. The Hall–Kier alpha value is -1.29. The number of nitrogens with one attached hydrogen (secondary N) is 1. The molecule has 1 heterocycles. The van der Waals surface area contributed by atoms with Gasteiger partial charge in [-0.2, -0.15) is 0 Å². The van der Waals surface area contributed by atoms with E-state index >= 15 is 0 Å². The van der Waals surface area contributed by atoms with Gasteiger partial charge in [0.25, 0.3) is 5.91 Å². The number of carbonyl (C=O) groups is 1. The lowest BCUT2D eigenvalue weighted by atomic mass is 9.91. The standard InChI is InChI=1S/C11H16N2O2/c12-9-2-1-3-10(6-9)13-11(14)8-4-5-15-7-8/h4-5,7,9-10H,1-3,6,12H2,(H,13,14). The zero-order chi connectivity index (χ0) is 10.7. The van der Waals surface area contributed by atoms with Crippen molar-refractivity contribution < 1.29 is 9.21 Å². The lowest BCUT2D eigenvalue weighted by Crippen LogP contribution is -2.42. The first-order valence-electron chi connectivity index (χ1n) is 5.34. The van der Waals surface area contributed by atoms with Gasteiger partial charge in [0.1, 0.15) is 6.26 Å². The Morgan fingerprint density at radius 1 is 1.53 bits per heavy atom. The molecule has 0 bridgehead atoms. The summed E-state index contributed by atoms with van der Waals surface area (Å²) in [7, 11) is 0. The maximum atomic E-state index is 11.7. The largest absolute Gasteiger partial charge is 0.472 e. The first-order valence-corrected chi connectivity index (χ1v) is 5.34. The van der Waals surface area contributed by atoms with Crippen LogP contribution in [0.4, 0.5) is 0 Å². The molecular weight excluding hydrogens is 192 g/mol. The highest BCUT2D eigenvalue weighted by atomic mass is 16.3. The van der Waals surface area contributed by atoms with Crippen LogP contribution in [0.3, 0.4) is 0 Å². The van der Waals surface area contributed by atoms with Gasteiger partial charge in [0.2, 0.25) is 0 Å². The number of amides is 1. The first-order chi connectivity index (χ1) is 7.25. The van der Waals surface area contributed by atoms with Crippen molar-refractivity contribution in [2.24, 2.45) is 5.73 Å². The molecule has 82 valence electrons. The SMILES string of the molecule is NC1CCCC(NC(=O)c2ccoc2)C1. The number of carbonyl (C=O) groups excluding carboxylic acids is 1. The monoisotopic (exact) mass is 208 g/mol. The number of nitrogens with two attached hydrogens (primary N) is 1. The normalized spacial score (nSPS) is 26.2. The number of rotatable bonds is 2. The molecule has 2 atom stereocenters. The van der Waals surface area contributed by atoms with E-state index in [1.165, 1.54) is 12.5 Å². The molecule has 0 aromatic carbocycles. The van der Waals surface area contributed by atoms with Crippen LogP contribution in [0.2, 0.25) is 0 Å². The van der Waals surface area contributed by atoms with Gasteiger partial charge >= 0.3 is 0 Å². The Balaban J connectivity index is 1.89. The predicted molar refractivity (Wildman–Crippen MR) is 56.4 cm³/mol. The van der Waals surface area contributed by atoms with Crippen molar-refractivity contribution >= 4 is 5.91 Å². The van der Waals surface area contributed by atoms with E-state index in [2.05, 4.69) is 5.32 Å². The molecule has 4 nitrogen and oxygen atoms in total. The van der Waals surface area contributed by atoms with Crippen molar-refractivity contribution in [2.45, 2.75) is 37.8 Å². The molecule has 0 aliphatic heterocycles. The summed E-state index contributed by atoms with van der Waals surface area (Å²) in [6.07, 6.45) is 7.02. The van der Waals surface area contributed by atoms with Gasteiger partial charge in [0, 0.05) is 12.1 Å². The molecule has 2 rings (SSSR count). The third-order valence-corrected chi connectivity index (χ3v) is 2.83. The summed E-state index contributed by atoms with van der Waals surface area (Å²) in [6, 6.07) is 2.11. The highest BCUT2D eigenvalue weighted by Gasteiger charge is 2.21. The van der Waals surface area contributed by atoms with Crippen LogP contribution in [0.25, 0.3) is 0 Å². The summed E-state index contributed by atoms with van der Waals surface area (Å²) in [5.74, 6) is -0.0668.